The molecule has 2 rings (SSSR count). The molecule has 0 heterocycles. The van der Waals surface area contributed by atoms with E-state index >= 15 is 0 Å². The van der Waals surface area contributed by atoms with Gasteiger partial charge in [-0.05, 0) is 37.3 Å². The van der Waals surface area contributed by atoms with Crippen molar-refractivity contribution in [3.8, 4) is 5.75 Å². The van der Waals surface area contributed by atoms with Crippen molar-refractivity contribution in [2.45, 2.75) is 18.4 Å². The molecule has 0 aliphatic rings. The molecule has 0 unspecified atom stereocenters. The molecule has 0 radical (unpaired) electrons. The summed E-state index contributed by atoms with van der Waals surface area (Å²) in [5.41, 5.74) is 1.78. The van der Waals surface area contributed by atoms with Gasteiger partial charge in [-0.25, -0.2) is 13.1 Å². The molecule has 0 fully saturated rings. The Kier molecular flexibility index (Phi) is 5.03. The topological polar surface area (TPSA) is 55.4 Å². The molecule has 0 bridgehead atoms. The number of methoxy groups -OCH3 is 1. The summed E-state index contributed by atoms with van der Waals surface area (Å²) >= 11 is 3.37. The number of benzene rings is 2. The van der Waals surface area contributed by atoms with Crippen molar-refractivity contribution in [2.24, 2.45) is 0 Å². The van der Waals surface area contributed by atoms with Crippen LogP contribution in [0.25, 0.3) is 0 Å². The standard InChI is InChI=1S/C15H16BrNO3S/c1-11-3-6-14(7-4-11)21(18,19)17-10-12-9-13(16)5-8-15(12)20-2/h3-9,17H,10H2,1-2H3. The number of hydrogen-bond acceptors (Lipinski definition) is 3. The highest BCUT2D eigenvalue weighted by Gasteiger charge is 2.14. The van der Waals surface area contributed by atoms with Gasteiger partial charge in [0.05, 0.1) is 12.0 Å². The molecule has 1 N–H and O–H groups in total. The Hall–Kier alpha value is -1.37. The van der Waals surface area contributed by atoms with Crippen molar-refractivity contribution in [3.63, 3.8) is 0 Å². The van der Waals surface area contributed by atoms with Crippen LogP contribution in [0.5, 0.6) is 5.75 Å². The molecule has 0 aliphatic heterocycles. The number of sulfonamides is 1. The summed E-state index contributed by atoms with van der Waals surface area (Å²) in [6, 6.07) is 12.2. The van der Waals surface area contributed by atoms with Gasteiger partial charge in [0.25, 0.3) is 0 Å². The number of rotatable bonds is 5. The molecule has 2 aromatic rings. The van der Waals surface area contributed by atoms with Crippen LogP contribution >= 0.6 is 15.9 Å². The van der Waals surface area contributed by atoms with E-state index in [-0.39, 0.29) is 11.4 Å². The SMILES string of the molecule is COc1ccc(Br)cc1CNS(=O)(=O)c1ccc(C)cc1. The van der Waals surface area contributed by atoms with E-state index in [0.717, 1.165) is 15.6 Å². The minimum atomic E-state index is -3.53. The van der Waals surface area contributed by atoms with Crippen molar-refractivity contribution in [1.29, 1.82) is 0 Å². The number of halogens is 1. The monoisotopic (exact) mass is 369 g/mol. The maximum absolute atomic E-state index is 12.2. The summed E-state index contributed by atoms with van der Waals surface area (Å²) in [6.45, 7) is 2.08. The fraction of sp³-hybridized carbons (Fsp3) is 0.200. The third-order valence-electron chi connectivity index (χ3n) is 3.03. The van der Waals surface area contributed by atoms with Crippen LogP contribution < -0.4 is 9.46 Å². The summed E-state index contributed by atoms with van der Waals surface area (Å²) in [4.78, 5) is 0.252. The second kappa shape index (κ2) is 6.60. The van der Waals surface area contributed by atoms with Crippen molar-refractivity contribution >= 4 is 26.0 Å². The Morgan fingerprint density at radius 3 is 2.43 bits per heavy atom. The second-order valence-electron chi connectivity index (χ2n) is 4.59. The van der Waals surface area contributed by atoms with Gasteiger partial charge in [0.1, 0.15) is 5.75 Å². The first-order valence-electron chi connectivity index (χ1n) is 6.31. The molecule has 0 saturated heterocycles. The molecule has 0 saturated carbocycles. The Bertz CT molecular complexity index is 727. The maximum Gasteiger partial charge on any atom is 0.240 e. The summed E-state index contributed by atoms with van der Waals surface area (Å²) in [5, 5.41) is 0. The minimum absolute atomic E-state index is 0.165. The smallest absolute Gasteiger partial charge is 0.240 e. The first-order valence-corrected chi connectivity index (χ1v) is 8.59. The molecule has 21 heavy (non-hydrogen) atoms. The van der Waals surface area contributed by atoms with Gasteiger partial charge >= 0.3 is 0 Å². The third kappa shape index (κ3) is 4.06. The van der Waals surface area contributed by atoms with Crippen LogP contribution in [-0.2, 0) is 16.6 Å². The van der Waals surface area contributed by atoms with Gasteiger partial charge in [0, 0.05) is 16.6 Å². The zero-order valence-electron chi connectivity index (χ0n) is 11.8. The average molecular weight is 370 g/mol. The molecule has 6 heteroatoms. The zero-order chi connectivity index (χ0) is 15.5. The molecule has 112 valence electrons. The van der Waals surface area contributed by atoms with E-state index in [1.165, 1.54) is 0 Å². The molecular weight excluding hydrogens is 354 g/mol. The third-order valence-corrected chi connectivity index (χ3v) is 4.94. The highest BCUT2D eigenvalue weighted by molar-refractivity contribution is 9.10. The normalized spacial score (nSPS) is 11.4. The Balaban J connectivity index is 2.19. The van der Waals surface area contributed by atoms with Crippen LogP contribution in [0, 0.1) is 6.92 Å². The summed E-state index contributed by atoms with van der Waals surface area (Å²) in [6.07, 6.45) is 0. The summed E-state index contributed by atoms with van der Waals surface area (Å²) in [5.74, 6) is 0.643. The Labute approximate surface area is 133 Å². The van der Waals surface area contributed by atoms with Gasteiger partial charge in [0.2, 0.25) is 10.0 Å². The number of hydrogen-bond donors (Lipinski definition) is 1. The highest BCUT2D eigenvalue weighted by atomic mass is 79.9. The molecule has 2 aromatic carbocycles. The summed E-state index contributed by atoms with van der Waals surface area (Å²) < 4.78 is 33.2. The van der Waals surface area contributed by atoms with Crippen LogP contribution in [0.1, 0.15) is 11.1 Å². The van der Waals surface area contributed by atoms with Crippen molar-refractivity contribution in [1.82, 2.24) is 4.72 Å². The molecule has 0 atom stereocenters. The Morgan fingerprint density at radius 1 is 1.14 bits per heavy atom. The quantitative estimate of drug-likeness (QED) is 0.879. The lowest BCUT2D eigenvalue weighted by molar-refractivity contribution is 0.409. The first kappa shape index (κ1) is 16.0. The molecular formula is C15H16BrNO3S. The molecule has 0 aliphatic carbocycles. The van der Waals surface area contributed by atoms with Crippen LogP contribution in [0.15, 0.2) is 51.8 Å². The van der Waals surface area contributed by atoms with Gasteiger partial charge in [-0.15, -0.1) is 0 Å². The number of aryl methyl sites for hydroxylation is 1. The zero-order valence-corrected chi connectivity index (χ0v) is 14.2. The van der Waals surface area contributed by atoms with E-state index in [1.807, 2.05) is 19.1 Å². The molecule has 0 aromatic heterocycles. The minimum Gasteiger partial charge on any atom is -0.496 e. The van der Waals surface area contributed by atoms with Gasteiger partial charge in [-0.3, -0.25) is 0 Å². The van der Waals surface area contributed by atoms with Gasteiger partial charge in [-0.2, -0.15) is 0 Å². The molecule has 0 spiro atoms. The lowest BCUT2D eigenvalue weighted by atomic mass is 10.2. The van der Waals surface area contributed by atoms with Crippen molar-refractivity contribution in [3.05, 3.63) is 58.1 Å². The van der Waals surface area contributed by atoms with E-state index in [1.54, 1.807) is 37.4 Å². The van der Waals surface area contributed by atoms with E-state index in [2.05, 4.69) is 20.7 Å². The van der Waals surface area contributed by atoms with Crippen LogP contribution in [0.3, 0.4) is 0 Å². The Morgan fingerprint density at radius 2 is 1.81 bits per heavy atom. The fourth-order valence-corrected chi connectivity index (χ4v) is 3.27. The first-order chi connectivity index (χ1) is 9.92. The van der Waals surface area contributed by atoms with Gasteiger partial charge in [-0.1, -0.05) is 33.6 Å². The van der Waals surface area contributed by atoms with Crippen LogP contribution in [-0.4, -0.2) is 15.5 Å². The fourth-order valence-electron chi connectivity index (χ4n) is 1.86. The van der Waals surface area contributed by atoms with E-state index in [0.29, 0.717) is 5.75 Å². The van der Waals surface area contributed by atoms with E-state index in [4.69, 9.17) is 4.74 Å². The molecule has 4 nitrogen and oxygen atoms in total. The van der Waals surface area contributed by atoms with E-state index in [9.17, 15) is 8.42 Å². The van der Waals surface area contributed by atoms with Crippen molar-refractivity contribution < 1.29 is 13.2 Å². The average Bonchev–Trinajstić information content (AvgIpc) is 2.46. The van der Waals surface area contributed by atoms with Gasteiger partial charge in [0.15, 0.2) is 0 Å². The highest BCUT2D eigenvalue weighted by Crippen LogP contribution is 2.23. The number of nitrogens with one attached hydrogen (secondary N) is 1. The number of ether oxygens (including phenoxy) is 1. The van der Waals surface area contributed by atoms with Crippen LogP contribution in [0.4, 0.5) is 0 Å². The predicted molar refractivity (Wildman–Crippen MR) is 85.9 cm³/mol. The van der Waals surface area contributed by atoms with E-state index < -0.39 is 10.0 Å². The van der Waals surface area contributed by atoms with Crippen molar-refractivity contribution in [2.75, 3.05) is 7.11 Å². The molecule has 0 amide bonds. The van der Waals surface area contributed by atoms with Gasteiger partial charge < -0.3 is 4.74 Å². The largest absolute Gasteiger partial charge is 0.496 e. The van der Waals surface area contributed by atoms with Crippen LogP contribution in [0.2, 0.25) is 0 Å². The summed E-state index contributed by atoms with van der Waals surface area (Å²) in [7, 11) is -1.98. The maximum atomic E-state index is 12.2. The lowest BCUT2D eigenvalue weighted by Gasteiger charge is -2.11. The predicted octanol–water partition coefficient (Wildman–Crippen LogP) is 3.24. The second-order valence-corrected chi connectivity index (χ2v) is 7.28. The lowest BCUT2D eigenvalue weighted by Crippen LogP contribution is -2.23.